The fourth-order valence-electron chi connectivity index (χ4n) is 3.59. The molecule has 0 aromatic heterocycles. The van der Waals surface area contributed by atoms with Crippen LogP contribution in [-0.2, 0) is 33.1 Å². The van der Waals surface area contributed by atoms with Crippen molar-refractivity contribution in [2.75, 3.05) is 0 Å². The average molecular weight is 511 g/mol. The molecule has 9 heteroatoms. The van der Waals surface area contributed by atoms with Gasteiger partial charge in [0.2, 0.25) is 0 Å². The molecular formula is C24H22CaO6S2. The molecule has 6 nitrogen and oxygen atoms in total. The SMILES string of the molecule is CCc1cccc2cc(S(=O)(=O)[O-])ccc12.CCc1cccc2cc(S(=O)(=O)[O-])ccc12.[Ca+2]. The molecule has 33 heavy (non-hydrogen) atoms. The Hall–Kier alpha value is -1.52. The van der Waals surface area contributed by atoms with Crippen LogP contribution in [0.2, 0.25) is 0 Å². The predicted octanol–water partition coefficient (Wildman–Crippen LogP) is 4.23. The Morgan fingerprint density at radius 3 is 1.27 bits per heavy atom. The van der Waals surface area contributed by atoms with Crippen LogP contribution in [0.4, 0.5) is 0 Å². The number of hydrogen-bond donors (Lipinski definition) is 0. The molecule has 0 radical (unpaired) electrons. The Balaban J connectivity index is 0.000000227. The third-order valence-corrected chi connectivity index (χ3v) is 6.89. The van der Waals surface area contributed by atoms with Gasteiger partial charge in [0.25, 0.3) is 0 Å². The van der Waals surface area contributed by atoms with E-state index in [4.69, 9.17) is 0 Å². The van der Waals surface area contributed by atoms with Gasteiger partial charge in [0.15, 0.2) is 0 Å². The second-order valence-corrected chi connectivity index (χ2v) is 9.97. The van der Waals surface area contributed by atoms with Gasteiger partial charge < -0.3 is 9.11 Å². The van der Waals surface area contributed by atoms with Crippen molar-refractivity contribution < 1.29 is 25.9 Å². The summed E-state index contributed by atoms with van der Waals surface area (Å²) in [4.78, 5) is -0.346. The number of aryl methyl sites for hydroxylation is 2. The molecule has 168 valence electrons. The van der Waals surface area contributed by atoms with E-state index in [9.17, 15) is 25.9 Å². The molecule has 0 bridgehead atoms. The third kappa shape index (κ3) is 6.76. The smallest absolute Gasteiger partial charge is 0.744 e. The zero-order chi connectivity index (χ0) is 23.5. The van der Waals surface area contributed by atoms with Gasteiger partial charge in [-0.25, -0.2) is 16.8 Å². The molecule has 0 atom stereocenters. The second kappa shape index (κ2) is 11.3. The van der Waals surface area contributed by atoms with Crippen molar-refractivity contribution >= 4 is 79.5 Å². The molecule has 0 spiro atoms. The first kappa shape index (κ1) is 27.7. The summed E-state index contributed by atoms with van der Waals surface area (Å²) in [6.45, 7) is 4.07. The standard InChI is InChI=1S/2C12H12O3S.Ca/c2*1-2-9-4-3-5-10-8-11(16(13,14)15)6-7-12(9)10;/h2*3-8H,2H2,1H3,(H,13,14,15);/q;;+2/p-2. The Morgan fingerprint density at radius 2 is 0.970 bits per heavy atom. The number of rotatable bonds is 4. The zero-order valence-electron chi connectivity index (χ0n) is 18.3. The number of fused-ring (bicyclic) bond motifs is 2. The zero-order valence-corrected chi connectivity index (χ0v) is 22.2. The monoisotopic (exact) mass is 510 g/mol. The van der Waals surface area contributed by atoms with E-state index < -0.39 is 20.2 Å². The van der Waals surface area contributed by atoms with Gasteiger partial charge in [0.1, 0.15) is 20.2 Å². The van der Waals surface area contributed by atoms with Crippen LogP contribution in [-0.4, -0.2) is 63.7 Å². The summed E-state index contributed by atoms with van der Waals surface area (Å²) in [6.07, 6.45) is 1.75. The van der Waals surface area contributed by atoms with Crippen LogP contribution < -0.4 is 0 Å². The van der Waals surface area contributed by atoms with Crippen molar-refractivity contribution in [3.05, 3.63) is 83.9 Å². The molecule has 0 fully saturated rings. The first-order valence-corrected chi connectivity index (χ1v) is 12.8. The van der Waals surface area contributed by atoms with Crippen molar-refractivity contribution in [2.45, 2.75) is 36.5 Å². The van der Waals surface area contributed by atoms with Gasteiger partial charge in [0.05, 0.1) is 9.79 Å². The average Bonchev–Trinajstić information content (AvgIpc) is 2.76. The number of benzene rings is 4. The molecule has 0 aliphatic carbocycles. The molecule has 0 amide bonds. The van der Waals surface area contributed by atoms with Crippen LogP contribution in [0.15, 0.2) is 82.6 Å². The van der Waals surface area contributed by atoms with E-state index in [1.807, 2.05) is 50.2 Å². The summed E-state index contributed by atoms with van der Waals surface area (Å²) < 4.78 is 65.3. The molecule has 0 unspecified atom stereocenters. The Morgan fingerprint density at radius 1 is 0.606 bits per heavy atom. The molecule has 0 aliphatic heterocycles. The van der Waals surface area contributed by atoms with Crippen LogP contribution in [0.3, 0.4) is 0 Å². The predicted molar refractivity (Wildman–Crippen MR) is 128 cm³/mol. The molecule has 0 N–H and O–H groups in total. The van der Waals surface area contributed by atoms with Gasteiger partial charge in [-0.3, -0.25) is 0 Å². The van der Waals surface area contributed by atoms with Crippen molar-refractivity contribution in [3.8, 4) is 0 Å². The van der Waals surface area contributed by atoms with Crippen LogP contribution >= 0.6 is 0 Å². The molecule has 0 saturated heterocycles. The van der Waals surface area contributed by atoms with E-state index in [1.54, 1.807) is 12.1 Å². The van der Waals surface area contributed by atoms with E-state index in [-0.39, 0.29) is 47.5 Å². The molecule has 0 heterocycles. The maximum Gasteiger partial charge on any atom is 2.00 e. The summed E-state index contributed by atoms with van der Waals surface area (Å²) >= 11 is 0. The van der Waals surface area contributed by atoms with Gasteiger partial charge in [-0.2, -0.15) is 0 Å². The van der Waals surface area contributed by atoms with Gasteiger partial charge in [-0.1, -0.05) is 62.4 Å². The minimum absolute atomic E-state index is 0. The van der Waals surface area contributed by atoms with Gasteiger partial charge in [-0.05, 0) is 69.8 Å². The maximum absolute atomic E-state index is 10.9. The molecule has 0 saturated carbocycles. The topological polar surface area (TPSA) is 114 Å². The van der Waals surface area contributed by atoms with E-state index in [0.717, 1.165) is 45.5 Å². The third-order valence-electron chi connectivity index (χ3n) is 5.22. The quantitative estimate of drug-likeness (QED) is 0.300. The largest absolute Gasteiger partial charge is 2.00 e. The van der Waals surface area contributed by atoms with Crippen LogP contribution in [0, 0.1) is 0 Å². The summed E-state index contributed by atoms with van der Waals surface area (Å²) in [6, 6.07) is 20.3. The summed E-state index contributed by atoms with van der Waals surface area (Å²) in [5.74, 6) is 0. The van der Waals surface area contributed by atoms with Crippen molar-refractivity contribution in [1.82, 2.24) is 0 Å². The molecule has 0 aliphatic rings. The Bertz CT molecular complexity index is 1380. The van der Waals surface area contributed by atoms with Gasteiger partial charge >= 0.3 is 37.7 Å². The van der Waals surface area contributed by atoms with Crippen LogP contribution in [0.25, 0.3) is 21.5 Å². The van der Waals surface area contributed by atoms with E-state index >= 15 is 0 Å². The Kier molecular flexibility index (Phi) is 9.47. The summed E-state index contributed by atoms with van der Waals surface area (Å²) in [5, 5.41) is 3.57. The fourth-order valence-corrected chi connectivity index (χ4v) is 4.60. The maximum atomic E-state index is 10.9. The van der Waals surface area contributed by atoms with Crippen LogP contribution in [0.1, 0.15) is 25.0 Å². The fraction of sp³-hybridized carbons (Fsp3) is 0.167. The minimum atomic E-state index is -4.36. The minimum Gasteiger partial charge on any atom is -0.744 e. The normalized spacial score (nSPS) is 11.5. The molecule has 4 aromatic carbocycles. The van der Waals surface area contributed by atoms with Crippen molar-refractivity contribution in [3.63, 3.8) is 0 Å². The summed E-state index contributed by atoms with van der Waals surface area (Å²) in [5.41, 5.74) is 2.29. The van der Waals surface area contributed by atoms with Crippen LogP contribution in [0.5, 0.6) is 0 Å². The van der Waals surface area contributed by atoms with E-state index in [0.29, 0.717) is 0 Å². The van der Waals surface area contributed by atoms with Crippen molar-refractivity contribution in [1.29, 1.82) is 0 Å². The van der Waals surface area contributed by atoms with E-state index in [2.05, 4.69) is 0 Å². The van der Waals surface area contributed by atoms with Crippen molar-refractivity contribution in [2.24, 2.45) is 0 Å². The first-order chi connectivity index (χ1) is 15.0. The Labute approximate surface area is 224 Å². The van der Waals surface area contributed by atoms with Gasteiger partial charge in [0, 0.05) is 0 Å². The first-order valence-electron chi connectivity index (χ1n) is 9.99. The molecular weight excluding hydrogens is 488 g/mol. The number of hydrogen-bond acceptors (Lipinski definition) is 6. The molecule has 4 rings (SSSR count). The summed E-state index contributed by atoms with van der Waals surface area (Å²) in [7, 11) is -8.73. The second-order valence-electron chi connectivity index (χ2n) is 7.22. The molecule has 4 aromatic rings. The van der Waals surface area contributed by atoms with E-state index in [1.165, 1.54) is 24.3 Å². The van der Waals surface area contributed by atoms with Gasteiger partial charge in [-0.15, -0.1) is 0 Å².